The zero-order chi connectivity index (χ0) is 23.7. The van der Waals surface area contributed by atoms with E-state index in [1.807, 2.05) is 0 Å². The monoisotopic (exact) mass is 478 g/mol. The summed E-state index contributed by atoms with van der Waals surface area (Å²) in [6, 6.07) is 4.48. The molecule has 34 heavy (non-hydrogen) atoms. The van der Waals surface area contributed by atoms with Crippen molar-refractivity contribution in [2.75, 3.05) is 38.1 Å². The largest absolute Gasteiger partial charge is 0.416 e. The number of likely N-dealkylation sites (tertiary alicyclic amines) is 1. The number of aromatic nitrogens is 2. The van der Waals surface area contributed by atoms with Gasteiger partial charge >= 0.3 is 6.18 Å². The number of benzene rings is 1. The van der Waals surface area contributed by atoms with Gasteiger partial charge in [0.15, 0.2) is 0 Å². The van der Waals surface area contributed by atoms with Gasteiger partial charge < -0.3 is 10.6 Å². The maximum Gasteiger partial charge on any atom is 0.416 e. The maximum absolute atomic E-state index is 13.1. The van der Waals surface area contributed by atoms with Crippen molar-refractivity contribution >= 4 is 22.6 Å². The molecule has 0 spiro atoms. The molecular formula is C23H29F3N6O2. The third-order valence-corrected chi connectivity index (χ3v) is 7.02. The van der Waals surface area contributed by atoms with Gasteiger partial charge in [-0.3, -0.25) is 14.5 Å². The molecule has 2 aliphatic heterocycles. The fourth-order valence-electron chi connectivity index (χ4n) is 5.18. The van der Waals surface area contributed by atoms with Gasteiger partial charge in [-0.05, 0) is 50.3 Å². The van der Waals surface area contributed by atoms with E-state index in [9.17, 15) is 18.0 Å². The number of alkyl halides is 3. The van der Waals surface area contributed by atoms with Crippen LogP contribution in [0.1, 0.15) is 37.7 Å². The average molecular weight is 479 g/mol. The third-order valence-electron chi connectivity index (χ3n) is 7.02. The Hall–Kier alpha value is -2.50. The van der Waals surface area contributed by atoms with Crippen LogP contribution in [0, 0.1) is 0 Å². The lowest BCUT2D eigenvalue weighted by molar-refractivity contribution is -0.152. The third kappa shape index (κ3) is 5.11. The summed E-state index contributed by atoms with van der Waals surface area (Å²) < 4.78 is 39.2. The molecule has 2 saturated heterocycles. The van der Waals surface area contributed by atoms with Gasteiger partial charge in [0, 0.05) is 37.1 Å². The molecule has 2 N–H and O–H groups in total. The minimum Gasteiger partial charge on any atom is -0.360 e. The molecule has 0 atom stereocenters. The molecule has 1 amide bonds. The Balaban J connectivity index is 1.08. The maximum atomic E-state index is 13.1. The number of anilines is 1. The second kappa shape index (κ2) is 9.63. The van der Waals surface area contributed by atoms with Crippen LogP contribution in [0.4, 0.5) is 19.0 Å². The van der Waals surface area contributed by atoms with Crippen molar-refractivity contribution in [2.45, 2.75) is 56.4 Å². The molecule has 3 aliphatic rings. The van der Waals surface area contributed by atoms with Crippen molar-refractivity contribution < 1.29 is 22.8 Å². The van der Waals surface area contributed by atoms with Crippen molar-refractivity contribution in [3.05, 3.63) is 30.1 Å². The Bertz CT molecular complexity index is 1020. The van der Waals surface area contributed by atoms with Crippen molar-refractivity contribution in [2.24, 2.45) is 0 Å². The molecule has 2 aromatic rings. The molecule has 3 heterocycles. The number of fused-ring (bicyclic) bond motifs is 1. The number of nitrogens with one attached hydrogen (secondary N) is 2. The van der Waals surface area contributed by atoms with E-state index in [1.165, 1.54) is 12.4 Å². The van der Waals surface area contributed by atoms with E-state index in [0.717, 1.165) is 70.5 Å². The predicted octanol–water partition coefficient (Wildman–Crippen LogP) is 2.81. The molecule has 3 fully saturated rings. The smallest absolute Gasteiger partial charge is 0.360 e. The summed E-state index contributed by atoms with van der Waals surface area (Å²) in [4.78, 5) is 28.6. The molecule has 1 aromatic carbocycles. The van der Waals surface area contributed by atoms with Gasteiger partial charge in [0.05, 0.1) is 30.3 Å². The Morgan fingerprint density at radius 2 is 1.88 bits per heavy atom. The van der Waals surface area contributed by atoms with Gasteiger partial charge in [0.25, 0.3) is 0 Å². The SMILES string of the molecule is O=C(CNc1ncnc2ccc(C(F)(F)F)cc12)NC1CN([C@H]2CC[C@@H](N3CCCO3)CC2)C1. The first-order valence-electron chi connectivity index (χ1n) is 11.9. The molecule has 8 nitrogen and oxygen atoms in total. The molecule has 0 radical (unpaired) electrons. The van der Waals surface area contributed by atoms with Crippen LogP contribution in [-0.2, 0) is 15.8 Å². The zero-order valence-electron chi connectivity index (χ0n) is 18.9. The lowest BCUT2D eigenvalue weighted by atomic mass is 9.88. The first kappa shape index (κ1) is 23.3. The van der Waals surface area contributed by atoms with Crippen LogP contribution in [0.2, 0.25) is 0 Å². The minimum absolute atomic E-state index is 0.0696. The fraction of sp³-hybridized carbons (Fsp3) is 0.609. The molecule has 1 aromatic heterocycles. The quantitative estimate of drug-likeness (QED) is 0.661. The highest BCUT2D eigenvalue weighted by atomic mass is 19.4. The minimum atomic E-state index is -4.46. The highest BCUT2D eigenvalue weighted by Gasteiger charge is 2.37. The standard InChI is InChI=1S/C23H29F3N6O2/c24-23(25,26)15-2-7-20-19(10-15)22(29-14-28-20)27-11-21(33)30-16-12-31(13-16)17-3-5-18(6-4-17)32-8-1-9-34-32/h2,7,10,14,16-18H,1,3-6,8-9,11-13H2,(H,30,33)(H,27,28,29)/t17-,18+. The number of hydrogen-bond donors (Lipinski definition) is 2. The highest BCUT2D eigenvalue weighted by molar-refractivity contribution is 5.91. The van der Waals surface area contributed by atoms with Crippen molar-refractivity contribution in [3.63, 3.8) is 0 Å². The summed E-state index contributed by atoms with van der Waals surface area (Å²) in [5.41, 5.74) is -0.398. The summed E-state index contributed by atoms with van der Waals surface area (Å²) in [7, 11) is 0. The second-order valence-corrected chi connectivity index (χ2v) is 9.31. The van der Waals surface area contributed by atoms with Crippen LogP contribution in [0.25, 0.3) is 10.9 Å². The van der Waals surface area contributed by atoms with Gasteiger partial charge in [-0.1, -0.05) is 0 Å². The van der Waals surface area contributed by atoms with Crippen molar-refractivity contribution in [1.29, 1.82) is 0 Å². The lowest BCUT2D eigenvalue weighted by Crippen LogP contribution is -2.63. The molecule has 1 aliphatic carbocycles. The molecule has 11 heteroatoms. The highest BCUT2D eigenvalue weighted by Crippen LogP contribution is 2.33. The first-order valence-corrected chi connectivity index (χ1v) is 11.9. The normalized spacial score (nSPS) is 24.8. The van der Waals surface area contributed by atoms with E-state index in [0.29, 0.717) is 17.6 Å². The molecule has 5 rings (SSSR count). The van der Waals surface area contributed by atoms with E-state index in [-0.39, 0.29) is 29.7 Å². The number of halogens is 3. The van der Waals surface area contributed by atoms with Gasteiger partial charge in [0.2, 0.25) is 5.91 Å². The van der Waals surface area contributed by atoms with E-state index in [1.54, 1.807) is 0 Å². The average Bonchev–Trinajstić information content (AvgIpc) is 3.34. The molecular weight excluding hydrogens is 449 g/mol. The molecule has 0 bridgehead atoms. The molecule has 1 saturated carbocycles. The summed E-state index contributed by atoms with van der Waals surface area (Å²) in [6.07, 6.45) is 2.50. The van der Waals surface area contributed by atoms with Gasteiger partial charge in [-0.2, -0.15) is 18.2 Å². The van der Waals surface area contributed by atoms with E-state index < -0.39 is 11.7 Å². The molecule has 0 unspecified atom stereocenters. The Labute approximate surface area is 195 Å². The van der Waals surface area contributed by atoms with Crippen LogP contribution in [-0.4, -0.2) is 76.7 Å². The summed E-state index contributed by atoms with van der Waals surface area (Å²) in [5, 5.41) is 8.25. The fourth-order valence-corrected chi connectivity index (χ4v) is 5.18. The number of rotatable bonds is 6. The number of amides is 1. The van der Waals surface area contributed by atoms with Gasteiger partial charge in [-0.15, -0.1) is 0 Å². The van der Waals surface area contributed by atoms with Crippen LogP contribution in [0.15, 0.2) is 24.5 Å². The number of nitrogens with zero attached hydrogens (tertiary/aromatic N) is 4. The predicted molar refractivity (Wildman–Crippen MR) is 120 cm³/mol. The Morgan fingerprint density at radius 1 is 1.12 bits per heavy atom. The summed E-state index contributed by atoms with van der Waals surface area (Å²) in [5.74, 6) is -0.00138. The van der Waals surface area contributed by atoms with E-state index in [2.05, 4.69) is 30.6 Å². The Kier molecular flexibility index (Phi) is 6.59. The Morgan fingerprint density at radius 3 is 2.59 bits per heavy atom. The van der Waals surface area contributed by atoms with Crippen molar-refractivity contribution in [3.8, 4) is 0 Å². The van der Waals surface area contributed by atoms with Crippen LogP contribution in [0.5, 0.6) is 0 Å². The number of carbonyl (C=O) groups excluding carboxylic acids is 1. The first-order chi connectivity index (χ1) is 16.4. The zero-order valence-corrected chi connectivity index (χ0v) is 18.9. The van der Waals surface area contributed by atoms with E-state index >= 15 is 0 Å². The summed E-state index contributed by atoms with van der Waals surface area (Å²) >= 11 is 0. The topological polar surface area (TPSA) is 82.6 Å². The van der Waals surface area contributed by atoms with Crippen LogP contribution < -0.4 is 10.6 Å². The second-order valence-electron chi connectivity index (χ2n) is 9.31. The molecule has 184 valence electrons. The van der Waals surface area contributed by atoms with E-state index in [4.69, 9.17) is 4.84 Å². The van der Waals surface area contributed by atoms with Gasteiger partial charge in [-0.25, -0.2) is 9.97 Å². The summed E-state index contributed by atoms with van der Waals surface area (Å²) in [6.45, 7) is 3.46. The van der Waals surface area contributed by atoms with Crippen LogP contribution in [0.3, 0.4) is 0 Å². The lowest BCUT2D eigenvalue weighted by Gasteiger charge is -2.47. The number of hydrogen-bond acceptors (Lipinski definition) is 7. The van der Waals surface area contributed by atoms with Crippen molar-refractivity contribution in [1.82, 2.24) is 25.2 Å². The van der Waals surface area contributed by atoms with Gasteiger partial charge in [0.1, 0.15) is 12.1 Å². The number of carbonyl (C=O) groups is 1. The number of hydroxylamine groups is 2. The van der Waals surface area contributed by atoms with Crippen LogP contribution >= 0.6 is 0 Å².